The molecule has 2 nitrogen and oxygen atoms in total. The highest BCUT2D eigenvalue weighted by molar-refractivity contribution is 5.02. The highest BCUT2D eigenvalue weighted by Crippen LogP contribution is 2.29. The van der Waals surface area contributed by atoms with Crippen LogP contribution in [0, 0.1) is 16.7 Å². The lowest BCUT2D eigenvalue weighted by atomic mass is 9.85. The fourth-order valence-electron chi connectivity index (χ4n) is 0.696. The van der Waals surface area contributed by atoms with Gasteiger partial charge in [-0.25, -0.2) is 0 Å². The molecule has 1 fully saturated rings. The van der Waals surface area contributed by atoms with E-state index >= 15 is 0 Å². The third-order valence-electron chi connectivity index (χ3n) is 1.67. The van der Waals surface area contributed by atoms with Crippen LogP contribution in [0.15, 0.2) is 0 Å². The molecule has 0 radical (unpaired) electrons. The summed E-state index contributed by atoms with van der Waals surface area (Å²) in [7, 11) is 0. The largest absolute Gasteiger partial charge is 0.378 e. The molecule has 1 aliphatic rings. The zero-order valence-corrected chi connectivity index (χ0v) is 4.98. The normalized spacial score (nSPS) is 23.5. The minimum Gasteiger partial charge on any atom is -0.378 e. The number of hydrogen-bond acceptors (Lipinski definition) is 2. The van der Waals surface area contributed by atoms with E-state index in [-0.39, 0.29) is 5.41 Å². The van der Waals surface area contributed by atoms with Crippen LogP contribution in [-0.4, -0.2) is 13.2 Å². The number of hydrogen-bond donors (Lipinski definition) is 0. The topological polar surface area (TPSA) is 33.0 Å². The first-order chi connectivity index (χ1) is 3.83. The molecule has 0 saturated carbocycles. The summed E-state index contributed by atoms with van der Waals surface area (Å²) in [6.45, 7) is 3.30. The van der Waals surface area contributed by atoms with Crippen LogP contribution in [-0.2, 0) is 4.74 Å². The second-order valence-electron chi connectivity index (χ2n) is 2.24. The Morgan fingerprint density at radius 1 is 1.75 bits per heavy atom. The Morgan fingerprint density at radius 2 is 2.38 bits per heavy atom. The summed E-state index contributed by atoms with van der Waals surface area (Å²) in [5.74, 6) is 0. The van der Waals surface area contributed by atoms with E-state index in [9.17, 15) is 0 Å². The van der Waals surface area contributed by atoms with E-state index in [0.29, 0.717) is 13.2 Å². The lowest BCUT2D eigenvalue weighted by Crippen LogP contribution is -2.40. The van der Waals surface area contributed by atoms with Gasteiger partial charge in [0.2, 0.25) is 0 Å². The van der Waals surface area contributed by atoms with Crippen molar-refractivity contribution >= 4 is 0 Å². The molecule has 0 unspecified atom stereocenters. The van der Waals surface area contributed by atoms with Crippen LogP contribution in [0.2, 0.25) is 0 Å². The van der Waals surface area contributed by atoms with Gasteiger partial charge < -0.3 is 4.74 Å². The van der Waals surface area contributed by atoms with Crippen molar-refractivity contribution in [2.24, 2.45) is 5.41 Å². The van der Waals surface area contributed by atoms with Crippen molar-refractivity contribution in [3.8, 4) is 6.07 Å². The van der Waals surface area contributed by atoms with E-state index < -0.39 is 0 Å². The Hall–Kier alpha value is -0.550. The van der Waals surface area contributed by atoms with E-state index in [2.05, 4.69) is 6.07 Å². The third-order valence-corrected chi connectivity index (χ3v) is 1.67. The third kappa shape index (κ3) is 0.597. The van der Waals surface area contributed by atoms with Crippen molar-refractivity contribution < 1.29 is 4.74 Å². The second kappa shape index (κ2) is 1.75. The molecule has 1 rings (SSSR count). The molecule has 0 aromatic rings. The van der Waals surface area contributed by atoms with Crippen LogP contribution in [0.5, 0.6) is 0 Å². The molecule has 0 spiro atoms. The molecule has 1 aliphatic heterocycles. The molecule has 0 N–H and O–H groups in total. The maximum absolute atomic E-state index is 8.51. The Kier molecular flexibility index (Phi) is 1.22. The second-order valence-corrected chi connectivity index (χ2v) is 2.24. The molecule has 44 valence electrons. The number of nitriles is 1. The van der Waals surface area contributed by atoms with Crippen LogP contribution < -0.4 is 0 Å². The van der Waals surface area contributed by atoms with E-state index in [1.807, 2.05) is 6.92 Å². The van der Waals surface area contributed by atoms with Crippen molar-refractivity contribution in [2.45, 2.75) is 13.3 Å². The molecule has 8 heavy (non-hydrogen) atoms. The van der Waals surface area contributed by atoms with Crippen LogP contribution in [0.25, 0.3) is 0 Å². The summed E-state index contributed by atoms with van der Waals surface area (Å²) in [6, 6.07) is 2.24. The van der Waals surface area contributed by atoms with E-state index in [4.69, 9.17) is 10.00 Å². The zero-order valence-electron chi connectivity index (χ0n) is 4.98. The summed E-state index contributed by atoms with van der Waals surface area (Å²) in [5, 5.41) is 8.51. The molecule has 0 bridgehead atoms. The Morgan fingerprint density at radius 3 is 2.38 bits per heavy atom. The molecule has 0 atom stereocenters. The summed E-state index contributed by atoms with van der Waals surface area (Å²) in [4.78, 5) is 0. The number of ether oxygens (including phenoxy) is 1. The van der Waals surface area contributed by atoms with Crippen molar-refractivity contribution in [1.29, 1.82) is 5.26 Å². The van der Waals surface area contributed by atoms with Gasteiger partial charge in [0.1, 0.15) is 5.41 Å². The highest BCUT2D eigenvalue weighted by Gasteiger charge is 2.36. The average Bonchev–Trinajstić information content (AvgIpc) is 1.67. The molecular weight excluding hydrogens is 102 g/mol. The Bertz CT molecular complexity index is 115. The lowest BCUT2D eigenvalue weighted by molar-refractivity contribution is -0.0787. The monoisotopic (exact) mass is 111 g/mol. The predicted octanol–water partition coefficient (Wildman–Crippen LogP) is 0.937. The zero-order chi connectivity index (χ0) is 6.04. The van der Waals surface area contributed by atoms with Gasteiger partial charge in [-0.15, -0.1) is 0 Å². The fraction of sp³-hybridized carbons (Fsp3) is 0.833. The molecule has 0 amide bonds. The number of nitrogens with zero attached hydrogens (tertiary/aromatic N) is 1. The molecule has 2 heteroatoms. The standard InChI is InChI=1S/C6H9NO/c1-2-6(3-7)4-8-5-6/h2,4-5H2,1H3. The van der Waals surface area contributed by atoms with E-state index in [1.54, 1.807) is 0 Å². The predicted molar refractivity (Wildman–Crippen MR) is 29.2 cm³/mol. The first-order valence-electron chi connectivity index (χ1n) is 2.82. The molecule has 1 heterocycles. The lowest BCUT2D eigenvalue weighted by Gasteiger charge is -2.33. The summed E-state index contributed by atoms with van der Waals surface area (Å²) in [6.07, 6.45) is 0.920. The van der Waals surface area contributed by atoms with Crippen molar-refractivity contribution in [3.63, 3.8) is 0 Å². The van der Waals surface area contributed by atoms with Gasteiger partial charge >= 0.3 is 0 Å². The Balaban J connectivity index is 2.49. The minimum atomic E-state index is -0.111. The summed E-state index contributed by atoms with van der Waals surface area (Å²) < 4.78 is 4.90. The van der Waals surface area contributed by atoms with Crippen molar-refractivity contribution in [1.82, 2.24) is 0 Å². The van der Waals surface area contributed by atoms with Crippen LogP contribution in [0.1, 0.15) is 13.3 Å². The number of rotatable bonds is 1. The van der Waals surface area contributed by atoms with Crippen molar-refractivity contribution in [2.75, 3.05) is 13.2 Å². The van der Waals surface area contributed by atoms with Gasteiger partial charge in [0.15, 0.2) is 0 Å². The average molecular weight is 111 g/mol. The van der Waals surface area contributed by atoms with Gasteiger partial charge in [-0.05, 0) is 6.42 Å². The maximum atomic E-state index is 8.51. The molecule has 1 saturated heterocycles. The summed E-state index contributed by atoms with van der Waals surface area (Å²) >= 11 is 0. The quantitative estimate of drug-likeness (QED) is 0.504. The molecule has 0 aromatic heterocycles. The first-order valence-corrected chi connectivity index (χ1v) is 2.82. The highest BCUT2D eigenvalue weighted by atomic mass is 16.5. The minimum absolute atomic E-state index is 0.111. The van der Waals surface area contributed by atoms with E-state index in [0.717, 1.165) is 6.42 Å². The van der Waals surface area contributed by atoms with Gasteiger partial charge in [0.25, 0.3) is 0 Å². The van der Waals surface area contributed by atoms with Crippen LogP contribution in [0.3, 0.4) is 0 Å². The van der Waals surface area contributed by atoms with Gasteiger partial charge in [0.05, 0.1) is 19.3 Å². The molecular formula is C6H9NO. The fourth-order valence-corrected chi connectivity index (χ4v) is 0.696. The van der Waals surface area contributed by atoms with Gasteiger partial charge in [-0.2, -0.15) is 5.26 Å². The Labute approximate surface area is 49.1 Å². The molecule has 0 aliphatic carbocycles. The van der Waals surface area contributed by atoms with Crippen molar-refractivity contribution in [3.05, 3.63) is 0 Å². The summed E-state index contributed by atoms with van der Waals surface area (Å²) in [5.41, 5.74) is -0.111. The SMILES string of the molecule is CCC1(C#N)COC1. The van der Waals surface area contributed by atoms with E-state index in [1.165, 1.54) is 0 Å². The molecule has 0 aromatic carbocycles. The van der Waals surface area contributed by atoms with Gasteiger partial charge in [-0.1, -0.05) is 6.92 Å². The maximum Gasteiger partial charge on any atom is 0.104 e. The van der Waals surface area contributed by atoms with Crippen LogP contribution >= 0.6 is 0 Å². The van der Waals surface area contributed by atoms with Crippen LogP contribution in [0.4, 0.5) is 0 Å². The van der Waals surface area contributed by atoms with Gasteiger partial charge in [-0.3, -0.25) is 0 Å². The first kappa shape index (κ1) is 5.58. The van der Waals surface area contributed by atoms with Gasteiger partial charge in [0, 0.05) is 0 Å². The smallest absolute Gasteiger partial charge is 0.104 e.